The van der Waals surface area contributed by atoms with Crippen LogP contribution < -0.4 is 5.32 Å². The summed E-state index contributed by atoms with van der Waals surface area (Å²) in [5.74, 6) is 0. The molecule has 3 heteroatoms. The minimum absolute atomic E-state index is 0.532. The quantitative estimate of drug-likeness (QED) is 0.794. The van der Waals surface area contributed by atoms with Crippen molar-refractivity contribution in [2.45, 2.75) is 45.2 Å². The van der Waals surface area contributed by atoms with Gasteiger partial charge in [0.2, 0.25) is 0 Å². The maximum Gasteiger partial charge on any atom is 0.0540 e. The third-order valence-electron chi connectivity index (χ3n) is 3.05. The van der Waals surface area contributed by atoms with E-state index in [-0.39, 0.29) is 0 Å². The van der Waals surface area contributed by atoms with Crippen LogP contribution in [0.3, 0.4) is 0 Å². The first kappa shape index (κ1) is 9.71. The molecule has 1 atom stereocenters. The fourth-order valence-corrected chi connectivity index (χ4v) is 2.32. The van der Waals surface area contributed by atoms with Crippen LogP contribution in [0.4, 0.5) is 0 Å². The van der Waals surface area contributed by atoms with Gasteiger partial charge in [-0.1, -0.05) is 6.92 Å². The van der Waals surface area contributed by atoms with Crippen LogP contribution in [0.1, 0.15) is 43.5 Å². The van der Waals surface area contributed by atoms with Gasteiger partial charge in [-0.15, -0.1) is 0 Å². The Morgan fingerprint density at radius 2 is 2.50 bits per heavy atom. The van der Waals surface area contributed by atoms with Crippen LogP contribution in [0, 0.1) is 0 Å². The number of nitrogens with zero attached hydrogens (tertiary/aromatic N) is 2. The zero-order valence-corrected chi connectivity index (χ0v) is 9.08. The predicted molar refractivity (Wildman–Crippen MR) is 57.3 cm³/mol. The van der Waals surface area contributed by atoms with E-state index in [0.29, 0.717) is 6.04 Å². The predicted octanol–water partition coefficient (Wildman–Crippen LogP) is 1.89. The lowest BCUT2D eigenvalue weighted by Crippen LogP contribution is -2.22. The van der Waals surface area contributed by atoms with E-state index in [0.717, 1.165) is 6.54 Å². The molecule has 0 fully saturated rings. The van der Waals surface area contributed by atoms with E-state index in [9.17, 15) is 0 Å². The van der Waals surface area contributed by atoms with Crippen molar-refractivity contribution < 1.29 is 0 Å². The Balaban J connectivity index is 2.28. The molecule has 1 aliphatic carbocycles. The van der Waals surface area contributed by atoms with Gasteiger partial charge in [-0.3, -0.25) is 4.68 Å². The fourth-order valence-electron chi connectivity index (χ4n) is 2.32. The summed E-state index contributed by atoms with van der Waals surface area (Å²) in [5.41, 5.74) is 2.88. The molecule has 0 bridgehead atoms. The van der Waals surface area contributed by atoms with E-state index in [4.69, 9.17) is 0 Å². The summed E-state index contributed by atoms with van der Waals surface area (Å²) in [6.45, 7) is 3.26. The molecule has 0 saturated carbocycles. The van der Waals surface area contributed by atoms with Crippen LogP contribution in [0.2, 0.25) is 0 Å². The maximum atomic E-state index is 4.46. The Labute approximate surface area is 85.5 Å². The highest BCUT2D eigenvalue weighted by molar-refractivity contribution is 5.24. The Morgan fingerprint density at radius 3 is 3.21 bits per heavy atom. The molecule has 78 valence electrons. The van der Waals surface area contributed by atoms with Crippen LogP contribution in [0.25, 0.3) is 0 Å². The first-order valence-corrected chi connectivity index (χ1v) is 5.58. The van der Waals surface area contributed by atoms with Crippen molar-refractivity contribution in [3.63, 3.8) is 0 Å². The maximum absolute atomic E-state index is 4.46. The molecule has 1 N–H and O–H groups in total. The van der Waals surface area contributed by atoms with Gasteiger partial charge in [0, 0.05) is 23.8 Å². The summed E-state index contributed by atoms with van der Waals surface area (Å²) < 4.78 is 2.18. The topological polar surface area (TPSA) is 29.9 Å². The van der Waals surface area contributed by atoms with Crippen molar-refractivity contribution >= 4 is 0 Å². The van der Waals surface area contributed by atoms with E-state index in [2.05, 4.69) is 22.0 Å². The summed E-state index contributed by atoms with van der Waals surface area (Å²) in [6, 6.07) is 0.532. The van der Waals surface area contributed by atoms with Crippen molar-refractivity contribution in [3.05, 3.63) is 17.5 Å². The molecule has 0 amide bonds. The lowest BCUT2D eigenvalue weighted by molar-refractivity contribution is 0.474. The van der Waals surface area contributed by atoms with Gasteiger partial charge in [-0.25, -0.2) is 0 Å². The van der Waals surface area contributed by atoms with Crippen LogP contribution >= 0.6 is 0 Å². The van der Waals surface area contributed by atoms with Crippen LogP contribution in [0.15, 0.2) is 6.20 Å². The van der Waals surface area contributed by atoms with Crippen LogP contribution in [-0.2, 0) is 13.0 Å². The zero-order valence-electron chi connectivity index (χ0n) is 9.08. The first-order valence-electron chi connectivity index (χ1n) is 5.58. The number of fused-ring (bicyclic) bond motifs is 1. The highest BCUT2D eigenvalue weighted by Gasteiger charge is 2.22. The van der Waals surface area contributed by atoms with Crippen molar-refractivity contribution in [2.24, 2.45) is 0 Å². The van der Waals surface area contributed by atoms with Gasteiger partial charge in [0.1, 0.15) is 0 Å². The van der Waals surface area contributed by atoms with Crippen molar-refractivity contribution in [2.75, 3.05) is 7.05 Å². The third kappa shape index (κ3) is 1.57. The normalized spacial score (nSPS) is 20.9. The molecule has 2 rings (SSSR count). The summed E-state index contributed by atoms with van der Waals surface area (Å²) in [4.78, 5) is 0. The van der Waals surface area contributed by atoms with Gasteiger partial charge >= 0.3 is 0 Å². The average molecular weight is 193 g/mol. The Kier molecular flexibility index (Phi) is 2.87. The minimum atomic E-state index is 0.532. The van der Waals surface area contributed by atoms with Crippen LogP contribution in [0.5, 0.6) is 0 Å². The Morgan fingerprint density at radius 1 is 1.64 bits per heavy atom. The number of aromatic nitrogens is 2. The lowest BCUT2D eigenvalue weighted by atomic mass is 9.93. The van der Waals surface area contributed by atoms with E-state index in [1.54, 1.807) is 0 Å². The van der Waals surface area contributed by atoms with Gasteiger partial charge in [0.25, 0.3) is 0 Å². The van der Waals surface area contributed by atoms with E-state index in [1.807, 2.05) is 13.2 Å². The van der Waals surface area contributed by atoms with Crippen molar-refractivity contribution in [1.82, 2.24) is 15.1 Å². The molecule has 0 spiro atoms. The average Bonchev–Trinajstić information content (AvgIpc) is 2.62. The number of hydrogen-bond acceptors (Lipinski definition) is 2. The van der Waals surface area contributed by atoms with Gasteiger partial charge in [0.05, 0.1) is 6.20 Å². The summed E-state index contributed by atoms with van der Waals surface area (Å²) >= 11 is 0. The third-order valence-corrected chi connectivity index (χ3v) is 3.05. The monoisotopic (exact) mass is 193 g/mol. The molecule has 1 aliphatic rings. The smallest absolute Gasteiger partial charge is 0.0540 e. The first-order chi connectivity index (χ1) is 6.86. The Bertz CT molecular complexity index is 303. The molecule has 1 aromatic heterocycles. The van der Waals surface area contributed by atoms with Crippen molar-refractivity contribution in [1.29, 1.82) is 0 Å². The van der Waals surface area contributed by atoms with Gasteiger partial charge in [0.15, 0.2) is 0 Å². The zero-order chi connectivity index (χ0) is 9.97. The van der Waals surface area contributed by atoms with Gasteiger partial charge in [-0.2, -0.15) is 5.10 Å². The molecule has 1 unspecified atom stereocenters. The molecule has 0 radical (unpaired) electrons. The SMILES string of the molecule is CCCn1ncc2c1CCCC2NC. The summed E-state index contributed by atoms with van der Waals surface area (Å²) in [5, 5.41) is 7.82. The molecule has 14 heavy (non-hydrogen) atoms. The van der Waals surface area contributed by atoms with Gasteiger partial charge in [-0.05, 0) is 32.7 Å². The van der Waals surface area contributed by atoms with Crippen LogP contribution in [-0.4, -0.2) is 16.8 Å². The van der Waals surface area contributed by atoms with E-state index >= 15 is 0 Å². The molecule has 1 heterocycles. The van der Waals surface area contributed by atoms with Gasteiger partial charge < -0.3 is 5.32 Å². The number of rotatable bonds is 3. The minimum Gasteiger partial charge on any atom is -0.313 e. The highest BCUT2D eigenvalue weighted by Crippen LogP contribution is 2.29. The molecule has 1 aromatic rings. The molecular formula is C11H19N3. The standard InChI is InChI=1S/C11H19N3/c1-3-7-14-11-6-4-5-10(12-2)9(11)8-13-14/h8,10,12H,3-7H2,1-2H3. The van der Waals surface area contributed by atoms with E-state index < -0.39 is 0 Å². The number of hydrogen-bond donors (Lipinski definition) is 1. The van der Waals surface area contributed by atoms with Crippen molar-refractivity contribution in [3.8, 4) is 0 Å². The Hall–Kier alpha value is -0.830. The lowest BCUT2D eigenvalue weighted by Gasteiger charge is -2.22. The molecular weight excluding hydrogens is 174 g/mol. The summed E-state index contributed by atoms with van der Waals surface area (Å²) in [7, 11) is 2.04. The second-order valence-corrected chi connectivity index (χ2v) is 4.00. The van der Waals surface area contributed by atoms with E-state index in [1.165, 1.54) is 36.9 Å². The number of nitrogens with one attached hydrogen (secondary N) is 1. The largest absolute Gasteiger partial charge is 0.313 e. The molecule has 3 nitrogen and oxygen atoms in total. The second kappa shape index (κ2) is 4.13. The highest BCUT2D eigenvalue weighted by atomic mass is 15.3. The second-order valence-electron chi connectivity index (χ2n) is 4.00. The number of aryl methyl sites for hydroxylation is 1. The molecule has 0 aromatic carbocycles. The molecule has 0 aliphatic heterocycles. The molecule has 0 saturated heterocycles. The fraction of sp³-hybridized carbons (Fsp3) is 0.727. The summed E-state index contributed by atoms with van der Waals surface area (Å²) in [6.07, 6.45) is 6.95.